The molecule has 0 aliphatic heterocycles. The number of benzene rings is 1. The maximum Gasteiger partial charge on any atom is 0.242 e. The van der Waals surface area contributed by atoms with Crippen LogP contribution in [0.4, 0.5) is 11.4 Å². The van der Waals surface area contributed by atoms with Crippen molar-refractivity contribution in [2.24, 2.45) is 0 Å². The minimum Gasteiger partial charge on any atom is -0.397 e. The van der Waals surface area contributed by atoms with Crippen LogP contribution >= 0.6 is 0 Å². The highest BCUT2D eigenvalue weighted by molar-refractivity contribution is 7.89. The van der Waals surface area contributed by atoms with Crippen LogP contribution in [0.5, 0.6) is 0 Å². The van der Waals surface area contributed by atoms with Crippen LogP contribution in [0.15, 0.2) is 23.1 Å². The SMILES string of the molecule is COCC(C)(C)Nc1ccc(S(=O)(=O)N(C)C)cc1N. The molecule has 0 aliphatic rings. The standard InChI is InChI=1S/C13H23N3O3S/c1-13(2,9-19-5)15-12-7-6-10(8-11(12)14)20(17,18)16(3)4/h6-8,15H,9,14H2,1-5H3. The molecule has 0 amide bonds. The average Bonchev–Trinajstić information content (AvgIpc) is 2.31. The molecule has 3 N–H and O–H groups in total. The van der Waals surface area contributed by atoms with Gasteiger partial charge in [-0.25, -0.2) is 12.7 Å². The highest BCUT2D eigenvalue weighted by Gasteiger charge is 2.21. The maximum atomic E-state index is 12.0. The number of nitrogens with zero attached hydrogens (tertiary/aromatic N) is 1. The predicted molar refractivity (Wildman–Crippen MR) is 81.3 cm³/mol. The molecule has 1 rings (SSSR count). The highest BCUT2D eigenvalue weighted by atomic mass is 32.2. The lowest BCUT2D eigenvalue weighted by molar-refractivity contribution is 0.158. The number of anilines is 2. The summed E-state index contributed by atoms with van der Waals surface area (Å²) in [5, 5.41) is 3.24. The summed E-state index contributed by atoms with van der Waals surface area (Å²) in [6.45, 7) is 4.45. The Morgan fingerprint density at radius 2 is 1.95 bits per heavy atom. The van der Waals surface area contributed by atoms with Crippen molar-refractivity contribution in [2.45, 2.75) is 24.3 Å². The highest BCUT2D eigenvalue weighted by Crippen LogP contribution is 2.26. The Bertz CT molecular complexity index is 568. The fraction of sp³-hybridized carbons (Fsp3) is 0.538. The topological polar surface area (TPSA) is 84.7 Å². The molecule has 114 valence electrons. The number of rotatable bonds is 6. The number of hydrogen-bond donors (Lipinski definition) is 2. The Morgan fingerprint density at radius 1 is 1.35 bits per heavy atom. The molecule has 0 heterocycles. The van der Waals surface area contributed by atoms with Crippen LogP contribution < -0.4 is 11.1 Å². The third kappa shape index (κ3) is 3.84. The zero-order valence-corrected chi connectivity index (χ0v) is 13.4. The Hall–Kier alpha value is -1.31. The first kappa shape index (κ1) is 16.7. The number of sulfonamides is 1. The lowest BCUT2D eigenvalue weighted by Gasteiger charge is -2.27. The summed E-state index contributed by atoms with van der Waals surface area (Å²) in [7, 11) is 1.13. The number of hydrogen-bond acceptors (Lipinski definition) is 5. The van der Waals surface area contributed by atoms with Gasteiger partial charge in [-0.15, -0.1) is 0 Å². The van der Waals surface area contributed by atoms with Crippen LogP contribution in [0.25, 0.3) is 0 Å². The third-order valence-electron chi connectivity index (χ3n) is 2.78. The smallest absolute Gasteiger partial charge is 0.242 e. The van der Waals surface area contributed by atoms with Crippen molar-refractivity contribution in [2.75, 3.05) is 38.9 Å². The molecule has 1 aromatic carbocycles. The number of methoxy groups -OCH3 is 1. The Kier molecular flexibility index (Phi) is 5.01. The second-order valence-electron chi connectivity index (χ2n) is 5.48. The van der Waals surface area contributed by atoms with Crippen molar-refractivity contribution in [3.05, 3.63) is 18.2 Å². The molecule has 20 heavy (non-hydrogen) atoms. The van der Waals surface area contributed by atoms with E-state index in [4.69, 9.17) is 10.5 Å². The molecule has 0 fully saturated rings. The molecule has 0 radical (unpaired) electrons. The van der Waals surface area contributed by atoms with Gasteiger partial charge in [0.25, 0.3) is 0 Å². The number of nitrogens with one attached hydrogen (secondary N) is 1. The van der Waals surface area contributed by atoms with Gasteiger partial charge in [-0.3, -0.25) is 0 Å². The number of nitrogens with two attached hydrogens (primary N) is 1. The minimum atomic E-state index is -3.47. The van der Waals surface area contributed by atoms with Crippen molar-refractivity contribution in [1.29, 1.82) is 0 Å². The Labute approximate surface area is 121 Å². The maximum absolute atomic E-state index is 12.0. The molecule has 0 bridgehead atoms. The molecule has 7 heteroatoms. The summed E-state index contributed by atoms with van der Waals surface area (Å²) in [5.41, 5.74) is 6.71. The average molecular weight is 301 g/mol. The van der Waals surface area contributed by atoms with Crippen molar-refractivity contribution >= 4 is 21.4 Å². The van der Waals surface area contributed by atoms with E-state index in [0.29, 0.717) is 18.0 Å². The van der Waals surface area contributed by atoms with Crippen LogP contribution in [-0.4, -0.2) is 46.1 Å². The second-order valence-corrected chi connectivity index (χ2v) is 7.63. The third-order valence-corrected chi connectivity index (χ3v) is 4.59. The molecule has 0 saturated carbocycles. The van der Waals surface area contributed by atoms with Crippen molar-refractivity contribution in [3.8, 4) is 0 Å². The van der Waals surface area contributed by atoms with Crippen molar-refractivity contribution in [1.82, 2.24) is 4.31 Å². The molecule has 0 atom stereocenters. The molecular formula is C13H23N3O3S. The predicted octanol–water partition coefficient (Wildman–Crippen LogP) is 1.36. The summed E-state index contributed by atoms with van der Waals surface area (Å²) >= 11 is 0. The van der Waals surface area contributed by atoms with E-state index in [9.17, 15) is 8.42 Å². The molecule has 0 saturated heterocycles. The first-order chi connectivity index (χ1) is 9.10. The van der Waals surface area contributed by atoms with Gasteiger partial charge in [-0.05, 0) is 32.0 Å². The van der Waals surface area contributed by atoms with Gasteiger partial charge in [0.05, 0.1) is 28.4 Å². The van der Waals surface area contributed by atoms with E-state index in [2.05, 4.69) is 5.32 Å². The lowest BCUT2D eigenvalue weighted by atomic mass is 10.1. The van der Waals surface area contributed by atoms with Crippen molar-refractivity contribution < 1.29 is 13.2 Å². The van der Waals surface area contributed by atoms with Crippen LogP contribution in [-0.2, 0) is 14.8 Å². The van der Waals surface area contributed by atoms with Gasteiger partial charge in [0.2, 0.25) is 10.0 Å². The van der Waals surface area contributed by atoms with E-state index in [-0.39, 0.29) is 10.4 Å². The minimum absolute atomic E-state index is 0.176. The van der Waals surface area contributed by atoms with Gasteiger partial charge in [0.1, 0.15) is 0 Å². The summed E-state index contributed by atoms with van der Waals surface area (Å²) in [6, 6.07) is 4.67. The molecule has 0 unspecified atom stereocenters. The second kappa shape index (κ2) is 5.99. The van der Waals surface area contributed by atoms with Gasteiger partial charge in [-0.2, -0.15) is 0 Å². The van der Waals surface area contributed by atoms with Gasteiger partial charge >= 0.3 is 0 Å². The summed E-state index contributed by atoms with van der Waals surface area (Å²) in [4.78, 5) is 0.176. The van der Waals surface area contributed by atoms with Gasteiger partial charge < -0.3 is 15.8 Å². The first-order valence-corrected chi connectivity index (χ1v) is 7.63. The van der Waals surface area contributed by atoms with Crippen LogP contribution in [0, 0.1) is 0 Å². The monoisotopic (exact) mass is 301 g/mol. The van der Waals surface area contributed by atoms with Gasteiger partial charge in [0, 0.05) is 21.2 Å². The molecule has 0 aromatic heterocycles. The van der Waals surface area contributed by atoms with E-state index in [0.717, 1.165) is 4.31 Å². The number of ether oxygens (including phenoxy) is 1. The summed E-state index contributed by atoms with van der Waals surface area (Å²) < 4.78 is 30.3. The number of nitrogen functional groups attached to an aromatic ring is 1. The fourth-order valence-electron chi connectivity index (χ4n) is 1.79. The van der Waals surface area contributed by atoms with E-state index in [1.807, 2.05) is 13.8 Å². The zero-order chi connectivity index (χ0) is 15.6. The molecule has 6 nitrogen and oxygen atoms in total. The zero-order valence-electron chi connectivity index (χ0n) is 12.6. The fourth-order valence-corrected chi connectivity index (χ4v) is 2.72. The first-order valence-electron chi connectivity index (χ1n) is 6.19. The van der Waals surface area contributed by atoms with E-state index < -0.39 is 10.0 Å². The summed E-state index contributed by atoms with van der Waals surface area (Å²) in [5.74, 6) is 0. The quantitative estimate of drug-likeness (QED) is 0.775. The van der Waals surface area contributed by atoms with Crippen molar-refractivity contribution in [3.63, 3.8) is 0 Å². The molecule has 0 spiro atoms. The van der Waals surface area contributed by atoms with Gasteiger partial charge in [-0.1, -0.05) is 0 Å². The Balaban J connectivity index is 3.07. The lowest BCUT2D eigenvalue weighted by Crippen LogP contribution is -2.36. The molecule has 0 aliphatic carbocycles. The van der Waals surface area contributed by atoms with E-state index >= 15 is 0 Å². The van der Waals surface area contributed by atoms with E-state index in [1.165, 1.54) is 26.2 Å². The molecular weight excluding hydrogens is 278 g/mol. The normalized spacial score (nSPS) is 12.7. The Morgan fingerprint density at radius 3 is 2.40 bits per heavy atom. The van der Waals surface area contributed by atoms with Crippen LogP contribution in [0.3, 0.4) is 0 Å². The van der Waals surface area contributed by atoms with Crippen LogP contribution in [0.2, 0.25) is 0 Å². The van der Waals surface area contributed by atoms with Gasteiger partial charge in [0.15, 0.2) is 0 Å². The van der Waals surface area contributed by atoms with E-state index in [1.54, 1.807) is 13.2 Å². The summed E-state index contributed by atoms with van der Waals surface area (Å²) in [6.07, 6.45) is 0. The molecule has 1 aromatic rings. The largest absolute Gasteiger partial charge is 0.397 e. The van der Waals surface area contributed by atoms with Crippen LogP contribution in [0.1, 0.15) is 13.8 Å².